The summed E-state index contributed by atoms with van der Waals surface area (Å²) in [6.07, 6.45) is 4.18. The average Bonchev–Trinajstić information content (AvgIpc) is 3.29. The molecule has 4 fully saturated rings. The van der Waals surface area contributed by atoms with Crippen LogP contribution in [0, 0.1) is 0 Å². The molecule has 0 spiro atoms. The van der Waals surface area contributed by atoms with E-state index in [1.54, 1.807) is 6.20 Å². The van der Waals surface area contributed by atoms with E-state index in [-0.39, 0.29) is 18.2 Å². The fourth-order valence-electron chi connectivity index (χ4n) is 6.89. The van der Waals surface area contributed by atoms with E-state index in [0.717, 1.165) is 88.3 Å². The molecule has 0 aliphatic carbocycles. The van der Waals surface area contributed by atoms with Gasteiger partial charge in [0.25, 0.3) is 0 Å². The largest absolute Gasteiger partial charge is 0.377 e. The quantitative estimate of drug-likeness (QED) is 0.425. The second kappa shape index (κ2) is 12.8. The van der Waals surface area contributed by atoms with E-state index >= 15 is 0 Å². The van der Waals surface area contributed by atoms with Crippen LogP contribution < -0.4 is 25.3 Å². The number of hydrogen-bond donors (Lipinski definition) is 2. The lowest BCUT2D eigenvalue weighted by molar-refractivity contribution is -0.00546. The van der Waals surface area contributed by atoms with Crippen molar-refractivity contribution >= 4 is 34.9 Å². The van der Waals surface area contributed by atoms with Crippen LogP contribution in [0.3, 0.4) is 0 Å². The van der Waals surface area contributed by atoms with Crippen LogP contribution in [0.2, 0.25) is 0 Å². The highest BCUT2D eigenvalue weighted by Gasteiger charge is 2.39. The van der Waals surface area contributed by atoms with Crippen LogP contribution in [-0.4, -0.2) is 110 Å². The topological polar surface area (TPSA) is 111 Å². The van der Waals surface area contributed by atoms with Crippen molar-refractivity contribution in [3.8, 4) is 11.4 Å². The zero-order valence-electron chi connectivity index (χ0n) is 26.4. The number of piperazine rings is 1. The molecule has 45 heavy (non-hydrogen) atoms. The number of hydrogen-bond acceptors (Lipinski definition) is 10. The van der Waals surface area contributed by atoms with Gasteiger partial charge in [0.05, 0.1) is 49.4 Å². The molecule has 4 aliphatic heterocycles. The van der Waals surface area contributed by atoms with Crippen molar-refractivity contribution in [3.63, 3.8) is 0 Å². The Hall–Kier alpha value is -4.00. The summed E-state index contributed by atoms with van der Waals surface area (Å²) in [5.41, 5.74) is 2.21. The number of benzene rings is 1. The lowest BCUT2D eigenvalue weighted by Crippen LogP contribution is -2.47. The van der Waals surface area contributed by atoms with E-state index in [0.29, 0.717) is 29.3 Å². The molecule has 2 amide bonds. The highest BCUT2D eigenvalue weighted by molar-refractivity contribution is 5.99. The van der Waals surface area contributed by atoms with Gasteiger partial charge < -0.3 is 39.7 Å². The lowest BCUT2D eigenvalue weighted by Gasteiger charge is -2.38. The number of ether oxygens (including phenoxy) is 2. The van der Waals surface area contributed by atoms with Gasteiger partial charge >= 0.3 is 6.03 Å². The Morgan fingerprint density at radius 2 is 1.44 bits per heavy atom. The second-order valence-corrected chi connectivity index (χ2v) is 12.8. The Kier molecular flexibility index (Phi) is 8.43. The molecule has 6 heterocycles. The van der Waals surface area contributed by atoms with Crippen LogP contribution in [-0.2, 0) is 9.47 Å². The third-order valence-corrected chi connectivity index (χ3v) is 9.18. The Labute approximate surface area is 264 Å². The van der Waals surface area contributed by atoms with Gasteiger partial charge in [0.1, 0.15) is 17.5 Å². The minimum absolute atomic E-state index is 0.123. The first kappa shape index (κ1) is 29.7. The van der Waals surface area contributed by atoms with E-state index in [1.165, 1.54) is 0 Å². The number of aromatic nitrogens is 3. The Morgan fingerprint density at radius 3 is 2.11 bits per heavy atom. The van der Waals surface area contributed by atoms with E-state index in [1.807, 2.05) is 36.4 Å². The number of carbonyl (C=O) groups is 1. The summed E-state index contributed by atoms with van der Waals surface area (Å²) >= 11 is 0. The first-order valence-corrected chi connectivity index (χ1v) is 16.1. The van der Waals surface area contributed by atoms with Crippen molar-refractivity contribution in [2.75, 3.05) is 84.9 Å². The number of anilines is 5. The zero-order valence-corrected chi connectivity index (χ0v) is 26.4. The number of pyridine rings is 1. The lowest BCUT2D eigenvalue weighted by atomic mass is 10.1. The minimum Gasteiger partial charge on any atom is -0.377 e. The molecule has 3 aromatic rings. The van der Waals surface area contributed by atoms with Crippen LogP contribution in [0.15, 0.2) is 48.7 Å². The molecular formula is C33H43N9O3. The van der Waals surface area contributed by atoms with Crippen LogP contribution in [0.1, 0.15) is 26.7 Å². The van der Waals surface area contributed by atoms with Crippen LogP contribution in [0.5, 0.6) is 0 Å². The third kappa shape index (κ3) is 6.68. The van der Waals surface area contributed by atoms with E-state index in [9.17, 15) is 4.79 Å². The number of morpholine rings is 2. The molecule has 2 bridgehead atoms. The third-order valence-electron chi connectivity index (χ3n) is 9.18. The molecule has 2 unspecified atom stereocenters. The van der Waals surface area contributed by atoms with Gasteiger partial charge in [-0.15, -0.1) is 0 Å². The van der Waals surface area contributed by atoms with Crippen LogP contribution >= 0.6 is 0 Å². The van der Waals surface area contributed by atoms with Gasteiger partial charge in [0.15, 0.2) is 5.82 Å². The van der Waals surface area contributed by atoms with Crippen molar-refractivity contribution in [2.45, 2.75) is 51.0 Å². The number of urea groups is 1. The predicted octanol–water partition coefficient (Wildman–Crippen LogP) is 3.92. The molecule has 7 rings (SSSR count). The van der Waals surface area contributed by atoms with Gasteiger partial charge in [-0.2, -0.15) is 0 Å². The maximum atomic E-state index is 12.8. The molecular weight excluding hydrogens is 570 g/mol. The Bertz CT molecular complexity index is 1450. The van der Waals surface area contributed by atoms with Gasteiger partial charge in [-0.05, 0) is 70.1 Å². The number of nitrogens with one attached hydrogen (secondary N) is 2. The van der Waals surface area contributed by atoms with Gasteiger partial charge in [-0.3, -0.25) is 0 Å². The molecule has 1 aromatic carbocycles. The molecule has 2 N–H and O–H groups in total. The van der Waals surface area contributed by atoms with Crippen molar-refractivity contribution in [3.05, 3.63) is 48.7 Å². The second-order valence-electron chi connectivity index (χ2n) is 12.8. The number of fused-ring (bicyclic) bond motifs is 2. The van der Waals surface area contributed by atoms with Crippen molar-refractivity contribution < 1.29 is 14.3 Å². The first-order valence-electron chi connectivity index (χ1n) is 16.1. The molecule has 2 aromatic heterocycles. The van der Waals surface area contributed by atoms with Gasteiger partial charge in [0, 0.05) is 56.6 Å². The Morgan fingerprint density at radius 1 is 0.800 bits per heavy atom. The van der Waals surface area contributed by atoms with Crippen molar-refractivity contribution in [2.24, 2.45) is 0 Å². The molecule has 0 saturated carbocycles. The summed E-state index contributed by atoms with van der Waals surface area (Å²) in [7, 11) is 2.13. The molecule has 4 aliphatic rings. The average molecular weight is 614 g/mol. The minimum atomic E-state index is -0.323. The summed E-state index contributed by atoms with van der Waals surface area (Å²) in [6, 6.07) is 14.0. The van der Waals surface area contributed by atoms with Gasteiger partial charge in [0.2, 0.25) is 0 Å². The van der Waals surface area contributed by atoms with Crippen LogP contribution in [0.25, 0.3) is 11.4 Å². The maximum Gasteiger partial charge on any atom is 0.323 e. The van der Waals surface area contributed by atoms with E-state index in [4.69, 9.17) is 19.4 Å². The molecule has 4 saturated heterocycles. The van der Waals surface area contributed by atoms with E-state index < -0.39 is 0 Å². The number of amides is 2. The fourth-order valence-corrected chi connectivity index (χ4v) is 6.89. The summed E-state index contributed by atoms with van der Waals surface area (Å²) in [4.78, 5) is 36.8. The monoisotopic (exact) mass is 613 g/mol. The van der Waals surface area contributed by atoms with Crippen molar-refractivity contribution in [1.29, 1.82) is 0 Å². The summed E-state index contributed by atoms with van der Waals surface area (Å²) in [6.45, 7) is 11.2. The number of carbonyl (C=O) groups excluding carboxylic acids is 1. The number of likely N-dealkylation sites (N-methyl/N-ethyl adjacent to an activating group) is 1. The zero-order chi connectivity index (χ0) is 30.9. The summed E-state index contributed by atoms with van der Waals surface area (Å²) in [5.74, 6) is 3.46. The van der Waals surface area contributed by atoms with E-state index in [2.05, 4.69) is 62.2 Å². The Balaban J connectivity index is 1.05. The highest BCUT2D eigenvalue weighted by Crippen LogP contribution is 2.36. The SMILES string of the molecule is C[C@@H]1CN(c2cc(N3C4CCC3COC4)nc(-c3ccc(NC(=O)Nc4ccc(N5CCN(C)CC5)nc4)cc3)n2)C[C@H](C)O1. The van der Waals surface area contributed by atoms with Gasteiger partial charge in [-0.1, -0.05) is 0 Å². The number of rotatable bonds is 6. The van der Waals surface area contributed by atoms with Crippen LogP contribution in [0.4, 0.5) is 33.6 Å². The molecule has 12 heteroatoms. The summed E-state index contributed by atoms with van der Waals surface area (Å²) in [5, 5.41) is 5.82. The van der Waals surface area contributed by atoms with Gasteiger partial charge in [-0.25, -0.2) is 19.7 Å². The molecule has 12 nitrogen and oxygen atoms in total. The number of nitrogens with zero attached hydrogens (tertiary/aromatic N) is 7. The van der Waals surface area contributed by atoms with Crippen molar-refractivity contribution in [1.82, 2.24) is 19.9 Å². The molecule has 4 atom stereocenters. The molecule has 238 valence electrons. The smallest absolute Gasteiger partial charge is 0.323 e. The standard InChI is InChI=1S/C33H43N9O3/c1-22-18-41(19-23(2)45-22)30-16-31(42-27-9-10-28(42)21-44-20-27)38-32(37-30)24-4-6-25(7-5-24)35-33(43)36-26-8-11-29(34-17-26)40-14-12-39(3)13-15-40/h4-8,11,16-17,22-23,27-28H,9-10,12-15,18-21H2,1-3H3,(H2,35,36,43)/t22-,23+,27?,28?. The summed E-state index contributed by atoms with van der Waals surface area (Å²) < 4.78 is 11.9. The first-order chi connectivity index (χ1) is 21.9. The maximum absolute atomic E-state index is 12.8. The fraction of sp³-hybridized carbons (Fsp3) is 0.515. The predicted molar refractivity (Wildman–Crippen MR) is 176 cm³/mol. The normalized spacial score (nSPS) is 25.4. The molecule has 0 radical (unpaired) electrons. The highest BCUT2D eigenvalue weighted by atomic mass is 16.5.